The number of alkyl halides is 2. The number of hydrogen-bond donors (Lipinski definition) is 0. The van der Waals surface area contributed by atoms with Crippen molar-refractivity contribution in [3.05, 3.63) is 138 Å². The van der Waals surface area contributed by atoms with Gasteiger partial charge in [0.05, 0.1) is 5.56 Å². The average molecular weight is 573 g/mol. The fraction of sp³-hybridized carbons (Fsp3) is 0.167. The molecular formula is C36H29F5O. The maximum Gasteiger partial charge on any atom is 0.429 e. The van der Waals surface area contributed by atoms with Crippen LogP contribution >= 0.6 is 0 Å². The number of hydrogen-bond acceptors (Lipinski definition) is 1. The van der Waals surface area contributed by atoms with E-state index < -0.39 is 23.3 Å². The third-order valence-corrected chi connectivity index (χ3v) is 7.20. The molecule has 0 fully saturated rings. The van der Waals surface area contributed by atoms with E-state index in [2.05, 4.69) is 6.92 Å². The third-order valence-electron chi connectivity index (χ3n) is 7.20. The summed E-state index contributed by atoms with van der Waals surface area (Å²) in [6, 6.07) is 27.1. The lowest BCUT2D eigenvalue weighted by Crippen LogP contribution is -2.23. The summed E-state index contributed by atoms with van der Waals surface area (Å²) in [7, 11) is 0. The van der Waals surface area contributed by atoms with Crippen molar-refractivity contribution in [1.29, 1.82) is 0 Å². The molecule has 6 heteroatoms. The molecule has 0 radical (unpaired) electrons. The zero-order valence-electron chi connectivity index (χ0n) is 23.0. The number of aryl methyl sites for hydroxylation is 1. The smallest absolute Gasteiger partial charge is 0.429 e. The Morgan fingerprint density at radius 2 is 1.12 bits per heavy atom. The largest absolute Gasteiger partial charge is 0.429 e. The summed E-state index contributed by atoms with van der Waals surface area (Å²) in [5.74, 6) is -2.37. The van der Waals surface area contributed by atoms with E-state index in [1.807, 2.05) is 24.3 Å². The van der Waals surface area contributed by atoms with Crippen molar-refractivity contribution in [3.63, 3.8) is 0 Å². The zero-order valence-corrected chi connectivity index (χ0v) is 23.0. The van der Waals surface area contributed by atoms with Crippen LogP contribution in [-0.4, -0.2) is 0 Å². The molecule has 0 bridgehead atoms. The Kier molecular flexibility index (Phi) is 8.72. The third kappa shape index (κ3) is 6.71. The first-order valence-electron chi connectivity index (χ1n) is 13.9. The second-order valence-corrected chi connectivity index (χ2v) is 10.2. The van der Waals surface area contributed by atoms with Crippen molar-refractivity contribution < 1.29 is 26.7 Å². The topological polar surface area (TPSA) is 9.23 Å². The highest BCUT2D eigenvalue weighted by molar-refractivity contribution is 5.71. The maximum absolute atomic E-state index is 15.1. The molecule has 5 aromatic rings. The highest BCUT2D eigenvalue weighted by Gasteiger charge is 2.37. The van der Waals surface area contributed by atoms with Crippen LogP contribution in [0.5, 0.6) is 5.75 Å². The van der Waals surface area contributed by atoms with E-state index in [4.69, 9.17) is 4.74 Å². The number of rotatable bonds is 10. The highest BCUT2D eigenvalue weighted by atomic mass is 19.3. The van der Waals surface area contributed by atoms with E-state index in [9.17, 15) is 17.6 Å². The lowest BCUT2D eigenvalue weighted by molar-refractivity contribution is -0.187. The van der Waals surface area contributed by atoms with Gasteiger partial charge in [0, 0.05) is 5.56 Å². The van der Waals surface area contributed by atoms with Gasteiger partial charge in [-0.1, -0.05) is 86.5 Å². The molecule has 0 heterocycles. The summed E-state index contributed by atoms with van der Waals surface area (Å²) in [6.07, 6.45) is 0.469. The number of halogens is 5. The van der Waals surface area contributed by atoms with Gasteiger partial charge in [0.1, 0.15) is 23.2 Å². The molecule has 0 unspecified atom stereocenters. The molecular weight excluding hydrogens is 543 g/mol. The van der Waals surface area contributed by atoms with Gasteiger partial charge < -0.3 is 4.74 Å². The predicted molar refractivity (Wildman–Crippen MR) is 157 cm³/mol. The molecule has 0 spiro atoms. The molecule has 214 valence electrons. The van der Waals surface area contributed by atoms with Crippen molar-refractivity contribution in [2.24, 2.45) is 0 Å². The minimum absolute atomic E-state index is 0.0982. The van der Waals surface area contributed by atoms with E-state index in [0.29, 0.717) is 16.7 Å². The molecule has 0 saturated carbocycles. The van der Waals surface area contributed by atoms with Crippen molar-refractivity contribution in [3.8, 4) is 39.1 Å². The molecule has 5 rings (SSSR count). The number of ether oxygens (including phenoxy) is 1. The van der Waals surface area contributed by atoms with Crippen molar-refractivity contribution in [2.75, 3.05) is 0 Å². The molecule has 0 aliphatic rings. The molecule has 0 saturated heterocycles. The van der Waals surface area contributed by atoms with Crippen LogP contribution in [0.3, 0.4) is 0 Å². The second kappa shape index (κ2) is 12.6. The van der Waals surface area contributed by atoms with Crippen LogP contribution in [0.15, 0.2) is 109 Å². The second-order valence-electron chi connectivity index (χ2n) is 10.2. The van der Waals surface area contributed by atoms with Crippen molar-refractivity contribution in [2.45, 2.75) is 38.7 Å². The van der Waals surface area contributed by atoms with Gasteiger partial charge in [-0.25, -0.2) is 13.2 Å². The van der Waals surface area contributed by atoms with E-state index >= 15 is 4.39 Å². The molecule has 1 nitrogen and oxygen atoms in total. The van der Waals surface area contributed by atoms with Gasteiger partial charge in [0.25, 0.3) is 0 Å². The Labute approximate surface area is 242 Å². The Balaban J connectivity index is 1.30. The van der Waals surface area contributed by atoms with E-state index in [0.717, 1.165) is 37.0 Å². The van der Waals surface area contributed by atoms with Gasteiger partial charge >= 0.3 is 6.11 Å². The quantitative estimate of drug-likeness (QED) is 0.119. The lowest BCUT2D eigenvalue weighted by Gasteiger charge is -2.19. The summed E-state index contributed by atoms with van der Waals surface area (Å²) in [5.41, 5.74) is 3.38. The molecule has 5 aromatic carbocycles. The fourth-order valence-electron chi connectivity index (χ4n) is 4.85. The first-order valence-corrected chi connectivity index (χ1v) is 13.9. The normalized spacial score (nSPS) is 11.5. The monoisotopic (exact) mass is 572 g/mol. The molecule has 42 heavy (non-hydrogen) atoms. The molecule has 0 aliphatic carbocycles. The predicted octanol–water partition coefficient (Wildman–Crippen LogP) is 11.0. The van der Waals surface area contributed by atoms with Gasteiger partial charge in [0.15, 0.2) is 0 Å². The SMILES string of the molecule is CCCCCc1ccc(-c2ccc(-c3ccc(C(F)(F)Oc4ccc(-c5ccc(F)cc5)cc4)c(F)c3)c(F)c2)cc1. The number of unbranched alkanes of at least 4 members (excludes halogenated alkanes) is 2. The number of benzene rings is 5. The molecule has 0 amide bonds. The van der Waals surface area contributed by atoms with Gasteiger partial charge in [0.2, 0.25) is 0 Å². The van der Waals surface area contributed by atoms with Crippen LogP contribution in [0.4, 0.5) is 22.0 Å². The lowest BCUT2D eigenvalue weighted by atomic mass is 9.97. The Morgan fingerprint density at radius 3 is 1.74 bits per heavy atom. The minimum Gasteiger partial charge on any atom is -0.429 e. The van der Waals surface area contributed by atoms with Crippen LogP contribution in [-0.2, 0) is 12.5 Å². The molecule has 0 N–H and O–H groups in total. The van der Waals surface area contributed by atoms with Crippen LogP contribution < -0.4 is 4.74 Å². The molecule has 0 aromatic heterocycles. The van der Waals surface area contributed by atoms with E-state index in [1.165, 1.54) is 54.4 Å². The first kappa shape index (κ1) is 29.1. The minimum atomic E-state index is -3.98. The van der Waals surface area contributed by atoms with E-state index in [1.54, 1.807) is 30.3 Å². The van der Waals surface area contributed by atoms with Crippen LogP contribution in [0.2, 0.25) is 0 Å². The van der Waals surface area contributed by atoms with Gasteiger partial charge in [-0.05, 0) is 88.7 Å². The summed E-state index contributed by atoms with van der Waals surface area (Å²) < 4.78 is 78.0. The van der Waals surface area contributed by atoms with Gasteiger partial charge in [-0.3, -0.25) is 0 Å². The van der Waals surface area contributed by atoms with Gasteiger partial charge in [-0.15, -0.1) is 0 Å². The van der Waals surface area contributed by atoms with Crippen molar-refractivity contribution in [1.82, 2.24) is 0 Å². The zero-order chi connectivity index (χ0) is 29.7. The van der Waals surface area contributed by atoms with Crippen molar-refractivity contribution >= 4 is 0 Å². The van der Waals surface area contributed by atoms with Crippen LogP contribution in [0.25, 0.3) is 33.4 Å². The van der Waals surface area contributed by atoms with Crippen LogP contribution in [0.1, 0.15) is 37.3 Å². The summed E-state index contributed by atoms with van der Waals surface area (Å²) in [4.78, 5) is 0. The maximum atomic E-state index is 15.1. The van der Waals surface area contributed by atoms with E-state index in [-0.39, 0.29) is 22.7 Å². The Bertz CT molecular complexity index is 1640. The molecule has 0 atom stereocenters. The average Bonchev–Trinajstić information content (AvgIpc) is 2.98. The summed E-state index contributed by atoms with van der Waals surface area (Å²) in [6.45, 7) is 2.16. The first-order chi connectivity index (χ1) is 20.2. The Morgan fingerprint density at radius 1 is 0.571 bits per heavy atom. The summed E-state index contributed by atoms with van der Waals surface area (Å²) >= 11 is 0. The molecule has 0 aliphatic heterocycles. The van der Waals surface area contributed by atoms with Crippen LogP contribution in [0, 0.1) is 17.5 Å². The highest BCUT2D eigenvalue weighted by Crippen LogP contribution is 2.36. The fourth-order valence-corrected chi connectivity index (χ4v) is 4.85. The summed E-state index contributed by atoms with van der Waals surface area (Å²) in [5, 5.41) is 0. The Hall–Kier alpha value is -4.45. The standard InChI is InChI=1S/C36H29F5O/c1-2-3-4-5-24-6-8-27(9-7-24)28-14-20-32(34(38)22-28)29-15-21-33(35(39)23-29)36(40,41)42-31-18-12-26(13-19-31)25-10-16-30(37)17-11-25/h6-23H,2-5H2,1H3. The van der Waals surface area contributed by atoms with Gasteiger partial charge in [-0.2, -0.15) is 8.78 Å².